The molecule has 2 amide bonds. The van der Waals surface area contributed by atoms with Gasteiger partial charge in [0, 0.05) is 17.8 Å². The lowest BCUT2D eigenvalue weighted by Crippen LogP contribution is -2.29. The maximum absolute atomic E-state index is 11.7. The van der Waals surface area contributed by atoms with Crippen molar-refractivity contribution in [3.8, 4) is 0 Å². The molecule has 0 saturated heterocycles. The first-order chi connectivity index (χ1) is 9.69. The van der Waals surface area contributed by atoms with E-state index in [4.69, 9.17) is 0 Å². The van der Waals surface area contributed by atoms with E-state index in [-0.39, 0.29) is 11.8 Å². The standard InChI is InChI=1S/C15H21N3O2/c1-2-17-15(20)12-4-3-5-13(8-12)18-14(19)10-16-9-11-6-7-11/h3-5,8,11,16H,2,6-7,9-10H2,1H3,(H,17,20)(H,18,19). The highest BCUT2D eigenvalue weighted by Gasteiger charge is 2.20. The molecule has 1 fully saturated rings. The third-order valence-corrected chi connectivity index (χ3v) is 3.16. The molecule has 1 saturated carbocycles. The summed E-state index contributed by atoms with van der Waals surface area (Å²) in [5.74, 6) is 0.540. The number of nitrogens with one attached hydrogen (secondary N) is 3. The third kappa shape index (κ3) is 4.66. The summed E-state index contributed by atoms with van der Waals surface area (Å²) in [7, 11) is 0. The van der Waals surface area contributed by atoms with Crippen molar-refractivity contribution in [1.82, 2.24) is 10.6 Å². The molecule has 0 aromatic heterocycles. The number of carbonyl (C=O) groups is 2. The predicted molar refractivity (Wildman–Crippen MR) is 78.7 cm³/mol. The van der Waals surface area contributed by atoms with Crippen LogP contribution in [0.25, 0.3) is 0 Å². The van der Waals surface area contributed by atoms with Gasteiger partial charge in [0.2, 0.25) is 5.91 Å². The van der Waals surface area contributed by atoms with Gasteiger partial charge in [0.1, 0.15) is 0 Å². The fourth-order valence-electron chi connectivity index (χ4n) is 1.92. The first-order valence-corrected chi connectivity index (χ1v) is 7.08. The zero-order valence-corrected chi connectivity index (χ0v) is 11.7. The van der Waals surface area contributed by atoms with Gasteiger partial charge in [-0.25, -0.2) is 0 Å². The van der Waals surface area contributed by atoms with Gasteiger partial charge in [-0.2, -0.15) is 0 Å². The van der Waals surface area contributed by atoms with Gasteiger partial charge < -0.3 is 16.0 Å². The largest absolute Gasteiger partial charge is 0.352 e. The summed E-state index contributed by atoms with van der Waals surface area (Å²) in [6.07, 6.45) is 2.53. The predicted octanol–water partition coefficient (Wildman–Crippen LogP) is 1.37. The maximum Gasteiger partial charge on any atom is 0.251 e. The number of anilines is 1. The van der Waals surface area contributed by atoms with Crippen LogP contribution in [0.15, 0.2) is 24.3 Å². The lowest BCUT2D eigenvalue weighted by Gasteiger charge is -2.08. The van der Waals surface area contributed by atoms with Gasteiger partial charge in [-0.1, -0.05) is 6.07 Å². The van der Waals surface area contributed by atoms with Gasteiger partial charge in [0.05, 0.1) is 6.54 Å². The summed E-state index contributed by atoms with van der Waals surface area (Å²) >= 11 is 0. The molecule has 1 aromatic carbocycles. The molecule has 0 spiro atoms. The minimum atomic E-state index is -0.129. The first-order valence-electron chi connectivity index (χ1n) is 7.08. The molecule has 3 N–H and O–H groups in total. The summed E-state index contributed by atoms with van der Waals surface area (Å²) in [5.41, 5.74) is 1.20. The SMILES string of the molecule is CCNC(=O)c1cccc(NC(=O)CNCC2CC2)c1. The van der Waals surface area contributed by atoms with E-state index < -0.39 is 0 Å². The summed E-state index contributed by atoms with van der Waals surface area (Å²) in [6.45, 7) is 3.67. The van der Waals surface area contributed by atoms with Crippen LogP contribution in [0, 0.1) is 5.92 Å². The molecular weight excluding hydrogens is 254 g/mol. The molecule has 5 heteroatoms. The van der Waals surface area contributed by atoms with Crippen molar-refractivity contribution in [2.24, 2.45) is 5.92 Å². The average molecular weight is 275 g/mol. The smallest absolute Gasteiger partial charge is 0.251 e. The monoisotopic (exact) mass is 275 g/mol. The van der Waals surface area contributed by atoms with Crippen molar-refractivity contribution in [3.63, 3.8) is 0 Å². The molecule has 0 radical (unpaired) electrons. The Kier molecular flexibility index (Phi) is 5.12. The van der Waals surface area contributed by atoms with E-state index in [0.717, 1.165) is 12.5 Å². The highest BCUT2D eigenvalue weighted by molar-refractivity contribution is 5.97. The number of hydrogen-bond donors (Lipinski definition) is 3. The summed E-state index contributed by atoms with van der Waals surface area (Å²) in [6, 6.07) is 6.95. The van der Waals surface area contributed by atoms with Crippen molar-refractivity contribution in [2.75, 3.05) is 25.0 Å². The second kappa shape index (κ2) is 7.05. The number of carbonyl (C=O) groups excluding carboxylic acids is 2. The van der Waals surface area contributed by atoms with E-state index in [1.54, 1.807) is 24.3 Å². The van der Waals surface area contributed by atoms with Gasteiger partial charge in [-0.15, -0.1) is 0 Å². The molecule has 108 valence electrons. The Bertz CT molecular complexity index is 484. The quantitative estimate of drug-likeness (QED) is 0.704. The molecule has 0 heterocycles. The van der Waals surface area contributed by atoms with Crippen LogP contribution in [0.2, 0.25) is 0 Å². The number of rotatable bonds is 7. The number of benzene rings is 1. The highest BCUT2D eigenvalue weighted by Crippen LogP contribution is 2.27. The molecule has 0 aliphatic heterocycles. The van der Waals surface area contributed by atoms with Crippen LogP contribution in [0.5, 0.6) is 0 Å². The van der Waals surface area contributed by atoms with Gasteiger partial charge in [0.25, 0.3) is 5.91 Å². The molecule has 1 aliphatic rings. The molecule has 0 bridgehead atoms. The van der Waals surface area contributed by atoms with Crippen LogP contribution in [0.3, 0.4) is 0 Å². The van der Waals surface area contributed by atoms with E-state index in [1.807, 2.05) is 6.92 Å². The van der Waals surface area contributed by atoms with E-state index in [0.29, 0.717) is 24.3 Å². The third-order valence-electron chi connectivity index (χ3n) is 3.16. The minimum absolute atomic E-state index is 0.0845. The van der Waals surface area contributed by atoms with Gasteiger partial charge in [-0.3, -0.25) is 9.59 Å². The van der Waals surface area contributed by atoms with Crippen molar-refractivity contribution >= 4 is 17.5 Å². The molecule has 2 rings (SSSR count). The zero-order valence-electron chi connectivity index (χ0n) is 11.7. The summed E-state index contributed by atoms with van der Waals surface area (Å²) in [5, 5.41) is 8.66. The summed E-state index contributed by atoms with van der Waals surface area (Å²) < 4.78 is 0. The highest BCUT2D eigenvalue weighted by atomic mass is 16.2. The van der Waals surface area contributed by atoms with Crippen molar-refractivity contribution < 1.29 is 9.59 Å². The van der Waals surface area contributed by atoms with Crippen molar-refractivity contribution in [3.05, 3.63) is 29.8 Å². The van der Waals surface area contributed by atoms with Crippen molar-refractivity contribution in [2.45, 2.75) is 19.8 Å². The minimum Gasteiger partial charge on any atom is -0.352 e. The summed E-state index contributed by atoms with van der Waals surface area (Å²) in [4.78, 5) is 23.4. The Labute approximate surface area is 119 Å². The lowest BCUT2D eigenvalue weighted by atomic mass is 10.2. The Balaban J connectivity index is 1.83. The van der Waals surface area contributed by atoms with Crippen LogP contribution in [0.1, 0.15) is 30.1 Å². The Morgan fingerprint density at radius 3 is 2.80 bits per heavy atom. The second-order valence-electron chi connectivity index (χ2n) is 5.06. The van der Waals surface area contributed by atoms with Gasteiger partial charge in [0.15, 0.2) is 0 Å². The van der Waals surface area contributed by atoms with Crippen LogP contribution in [-0.2, 0) is 4.79 Å². The fourth-order valence-corrected chi connectivity index (χ4v) is 1.92. The van der Waals surface area contributed by atoms with Crippen LogP contribution in [0.4, 0.5) is 5.69 Å². The lowest BCUT2D eigenvalue weighted by molar-refractivity contribution is -0.115. The van der Waals surface area contributed by atoms with E-state index in [2.05, 4.69) is 16.0 Å². The Morgan fingerprint density at radius 2 is 2.10 bits per heavy atom. The first kappa shape index (κ1) is 14.5. The van der Waals surface area contributed by atoms with Crippen LogP contribution < -0.4 is 16.0 Å². The average Bonchev–Trinajstić information content (AvgIpc) is 3.23. The van der Waals surface area contributed by atoms with Crippen LogP contribution >= 0.6 is 0 Å². The number of hydrogen-bond acceptors (Lipinski definition) is 3. The topological polar surface area (TPSA) is 70.2 Å². The second-order valence-corrected chi connectivity index (χ2v) is 5.06. The van der Waals surface area contributed by atoms with Crippen molar-refractivity contribution in [1.29, 1.82) is 0 Å². The molecule has 1 aliphatic carbocycles. The van der Waals surface area contributed by atoms with Crippen LogP contribution in [-0.4, -0.2) is 31.4 Å². The molecule has 20 heavy (non-hydrogen) atoms. The Morgan fingerprint density at radius 1 is 1.30 bits per heavy atom. The zero-order chi connectivity index (χ0) is 14.4. The van der Waals surface area contributed by atoms with Gasteiger partial charge in [-0.05, 0) is 50.4 Å². The molecule has 0 atom stereocenters. The van der Waals surface area contributed by atoms with E-state index in [9.17, 15) is 9.59 Å². The molecule has 0 unspecified atom stereocenters. The van der Waals surface area contributed by atoms with E-state index in [1.165, 1.54) is 12.8 Å². The van der Waals surface area contributed by atoms with Gasteiger partial charge >= 0.3 is 0 Å². The molecular formula is C15H21N3O2. The molecule has 5 nitrogen and oxygen atoms in total. The number of amides is 2. The maximum atomic E-state index is 11.7. The fraction of sp³-hybridized carbons (Fsp3) is 0.467. The molecule has 1 aromatic rings. The Hall–Kier alpha value is -1.88. The normalized spacial score (nSPS) is 13.8. The van der Waals surface area contributed by atoms with E-state index >= 15 is 0 Å².